The Balaban J connectivity index is 2.88. The van der Waals surface area contributed by atoms with E-state index >= 15 is 0 Å². The lowest BCUT2D eigenvalue weighted by Gasteiger charge is -2.06. The number of hydrogen-bond donors (Lipinski definition) is 1. The van der Waals surface area contributed by atoms with Crippen LogP contribution in [0.25, 0.3) is 0 Å². The van der Waals surface area contributed by atoms with Gasteiger partial charge in [0.05, 0.1) is 24.4 Å². The molecule has 0 heterocycles. The Kier molecular flexibility index (Phi) is 5.33. The first kappa shape index (κ1) is 14.2. The Bertz CT molecular complexity index is 521. The first-order valence-electron chi connectivity index (χ1n) is 5.22. The van der Waals surface area contributed by atoms with Gasteiger partial charge in [0.15, 0.2) is 0 Å². The molecule has 0 spiro atoms. The van der Waals surface area contributed by atoms with Crippen LogP contribution < -0.4 is 5.43 Å². The number of rotatable bonds is 4. The van der Waals surface area contributed by atoms with Gasteiger partial charge in [-0.1, -0.05) is 6.92 Å². The number of benzene rings is 1. The maximum atomic E-state index is 11.3. The number of nitrogens with zero attached hydrogens (tertiary/aromatic N) is 2. The molecular weight excluding hydrogens is 298 g/mol. The van der Waals surface area contributed by atoms with Gasteiger partial charge in [0.25, 0.3) is 0 Å². The van der Waals surface area contributed by atoms with Crippen LogP contribution >= 0.6 is 15.9 Å². The maximum absolute atomic E-state index is 11.3. The highest BCUT2D eigenvalue weighted by molar-refractivity contribution is 9.10. The van der Waals surface area contributed by atoms with E-state index in [9.17, 15) is 4.79 Å². The average Bonchev–Trinajstić information content (AvgIpc) is 2.40. The van der Waals surface area contributed by atoms with Crippen molar-refractivity contribution >= 4 is 33.3 Å². The molecule has 0 saturated heterocycles. The van der Waals surface area contributed by atoms with Gasteiger partial charge in [-0.05, 0) is 40.5 Å². The molecule has 18 heavy (non-hydrogen) atoms. The predicted molar refractivity (Wildman–Crippen MR) is 72.2 cm³/mol. The number of nitriles is 1. The third-order valence-electron chi connectivity index (χ3n) is 2.17. The molecule has 0 fully saturated rings. The minimum atomic E-state index is -0.463. The molecule has 1 aromatic rings. The van der Waals surface area contributed by atoms with Crippen LogP contribution in [0, 0.1) is 11.3 Å². The molecule has 0 aromatic heterocycles. The maximum Gasteiger partial charge on any atom is 0.354 e. The Labute approximate surface area is 114 Å². The molecule has 1 N–H and O–H groups in total. The molecule has 1 aromatic carbocycles. The summed E-state index contributed by atoms with van der Waals surface area (Å²) < 4.78 is 5.29. The summed E-state index contributed by atoms with van der Waals surface area (Å²) in [5.74, 6) is -0.463. The van der Waals surface area contributed by atoms with Crippen molar-refractivity contribution in [3.05, 3.63) is 28.2 Å². The molecule has 6 heteroatoms. The van der Waals surface area contributed by atoms with Crippen LogP contribution in [0.4, 0.5) is 5.69 Å². The number of hydrazone groups is 1. The molecule has 0 aliphatic carbocycles. The SMILES string of the molecule is CC/C(=N/Nc1ccc(C#N)cc1Br)C(=O)OC. The molecule has 0 unspecified atom stereocenters. The number of carbonyl (C=O) groups is 1. The number of nitrogens with one attached hydrogen (secondary N) is 1. The summed E-state index contributed by atoms with van der Waals surface area (Å²) in [4.78, 5) is 11.3. The van der Waals surface area contributed by atoms with Crippen molar-refractivity contribution < 1.29 is 9.53 Å². The van der Waals surface area contributed by atoms with Crippen molar-refractivity contribution in [3.63, 3.8) is 0 Å². The summed E-state index contributed by atoms with van der Waals surface area (Å²) >= 11 is 3.32. The second-order valence-corrected chi connectivity index (χ2v) is 4.18. The molecule has 0 saturated carbocycles. The number of carbonyl (C=O) groups excluding carboxylic acids is 1. The Hall–Kier alpha value is -1.87. The molecule has 0 bridgehead atoms. The smallest absolute Gasteiger partial charge is 0.354 e. The molecule has 0 amide bonds. The van der Waals surface area contributed by atoms with E-state index in [-0.39, 0.29) is 0 Å². The highest BCUT2D eigenvalue weighted by Gasteiger charge is 2.09. The van der Waals surface area contributed by atoms with Crippen LogP contribution in [0.2, 0.25) is 0 Å². The lowest BCUT2D eigenvalue weighted by Crippen LogP contribution is -2.16. The molecule has 0 atom stereocenters. The monoisotopic (exact) mass is 309 g/mol. The Morgan fingerprint density at radius 2 is 2.33 bits per heavy atom. The third kappa shape index (κ3) is 3.57. The highest BCUT2D eigenvalue weighted by atomic mass is 79.9. The fourth-order valence-electron chi connectivity index (χ4n) is 1.19. The molecule has 1 rings (SSSR count). The average molecular weight is 310 g/mol. The van der Waals surface area contributed by atoms with E-state index in [2.05, 4.69) is 31.2 Å². The topological polar surface area (TPSA) is 74.5 Å². The fourth-order valence-corrected chi connectivity index (χ4v) is 1.66. The highest BCUT2D eigenvalue weighted by Crippen LogP contribution is 2.23. The largest absolute Gasteiger partial charge is 0.464 e. The standard InChI is InChI=1S/C12H12BrN3O2/c1-3-10(12(17)18-2)15-16-11-5-4-8(7-14)6-9(11)13/h4-6,16H,3H2,1-2H3/b15-10-. The molecule has 0 radical (unpaired) electrons. The van der Waals surface area contributed by atoms with E-state index in [0.29, 0.717) is 27.9 Å². The zero-order chi connectivity index (χ0) is 13.5. The van der Waals surface area contributed by atoms with E-state index in [1.807, 2.05) is 13.0 Å². The van der Waals surface area contributed by atoms with Gasteiger partial charge in [-0.25, -0.2) is 4.79 Å². The van der Waals surface area contributed by atoms with E-state index in [4.69, 9.17) is 5.26 Å². The van der Waals surface area contributed by atoms with Gasteiger partial charge in [0.2, 0.25) is 0 Å². The number of esters is 1. The lowest BCUT2D eigenvalue weighted by molar-refractivity contribution is -0.132. The molecule has 94 valence electrons. The number of hydrogen-bond acceptors (Lipinski definition) is 5. The van der Waals surface area contributed by atoms with Crippen molar-refractivity contribution in [2.45, 2.75) is 13.3 Å². The van der Waals surface area contributed by atoms with Gasteiger partial charge < -0.3 is 4.74 Å². The zero-order valence-electron chi connectivity index (χ0n) is 10.0. The number of anilines is 1. The fraction of sp³-hybridized carbons (Fsp3) is 0.250. The van der Waals surface area contributed by atoms with E-state index in [1.54, 1.807) is 18.2 Å². The van der Waals surface area contributed by atoms with Crippen molar-refractivity contribution in [1.82, 2.24) is 0 Å². The third-order valence-corrected chi connectivity index (χ3v) is 2.82. The molecule has 0 aliphatic rings. The van der Waals surface area contributed by atoms with Gasteiger partial charge in [-0.2, -0.15) is 10.4 Å². The second kappa shape index (κ2) is 6.77. The van der Waals surface area contributed by atoms with Gasteiger partial charge in [0, 0.05) is 4.47 Å². The van der Waals surface area contributed by atoms with E-state index in [0.717, 1.165) is 0 Å². The van der Waals surface area contributed by atoms with Crippen LogP contribution in [0.1, 0.15) is 18.9 Å². The van der Waals surface area contributed by atoms with Crippen LogP contribution in [0.5, 0.6) is 0 Å². The van der Waals surface area contributed by atoms with Gasteiger partial charge >= 0.3 is 5.97 Å². The minimum absolute atomic E-state index is 0.300. The second-order valence-electron chi connectivity index (χ2n) is 3.32. The molecule has 0 aliphatic heterocycles. The Morgan fingerprint density at radius 1 is 1.61 bits per heavy atom. The van der Waals surface area contributed by atoms with Crippen molar-refractivity contribution in [1.29, 1.82) is 5.26 Å². The van der Waals surface area contributed by atoms with E-state index in [1.165, 1.54) is 7.11 Å². The number of methoxy groups -OCH3 is 1. The van der Waals surface area contributed by atoms with Crippen LogP contribution in [-0.4, -0.2) is 18.8 Å². The van der Waals surface area contributed by atoms with Crippen molar-refractivity contribution in [2.75, 3.05) is 12.5 Å². The van der Waals surface area contributed by atoms with Gasteiger partial charge in [-0.3, -0.25) is 5.43 Å². The Morgan fingerprint density at radius 3 is 2.83 bits per heavy atom. The zero-order valence-corrected chi connectivity index (χ0v) is 11.6. The number of ether oxygens (including phenoxy) is 1. The predicted octanol–water partition coefficient (Wildman–Crippen LogP) is 2.67. The first-order chi connectivity index (χ1) is 8.62. The van der Waals surface area contributed by atoms with Crippen LogP contribution in [0.3, 0.4) is 0 Å². The lowest BCUT2D eigenvalue weighted by atomic mass is 10.2. The van der Waals surface area contributed by atoms with Crippen LogP contribution in [-0.2, 0) is 9.53 Å². The van der Waals surface area contributed by atoms with Gasteiger partial charge in [0.1, 0.15) is 5.71 Å². The number of halogens is 1. The minimum Gasteiger partial charge on any atom is -0.464 e. The molecule has 5 nitrogen and oxygen atoms in total. The summed E-state index contributed by atoms with van der Waals surface area (Å²) in [6.07, 6.45) is 0.466. The first-order valence-corrected chi connectivity index (χ1v) is 6.02. The normalized spacial score (nSPS) is 10.7. The summed E-state index contributed by atoms with van der Waals surface area (Å²) in [5.41, 5.74) is 4.27. The summed E-state index contributed by atoms with van der Waals surface area (Å²) in [5, 5.41) is 12.7. The van der Waals surface area contributed by atoms with Crippen molar-refractivity contribution in [3.8, 4) is 6.07 Å². The quantitative estimate of drug-likeness (QED) is 0.527. The van der Waals surface area contributed by atoms with Crippen LogP contribution in [0.15, 0.2) is 27.8 Å². The summed E-state index contributed by atoms with van der Waals surface area (Å²) in [6.45, 7) is 1.81. The van der Waals surface area contributed by atoms with E-state index < -0.39 is 5.97 Å². The summed E-state index contributed by atoms with van der Waals surface area (Å²) in [6, 6.07) is 7.06. The van der Waals surface area contributed by atoms with Crippen molar-refractivity contribution in [2.24, 2.45) is 5.10 Å². The molecular formula is C12H12BrN3O2. The van der Waals surface area contributed by atoms with Gasteiger partial charge in [-0.15, -0.1) is 0 Å². The summed E-state index contributed by atoms with van der Waals surface area (Å²) in [7, 11) is 1.31.